The molecule has 0 saturated heterocycles. The first-order valence-electron chi connectivity index (χ1n) is 9.18. The van der Waals surface area contributed by atoms with Crippen LogP contribution in [-0.4, -0.2) is 68.8 Å². The third-order valence-corrected chi connectivity index (χ3v) is 6.10. The predicted octanol–water partition coefficient (Wildman–Crippen LogP) is 1.05. The largest absolute Gasteiger partial charge is 0.383 e. The van der Waals surface area contributed by atoms with Crippen LogP contribution in [0.25, 0.3) is 10.9 Å². The molecule has 0 aliphatic heterocycles. The van der Waals surface area contributed by atoms with E-state index in [1.165, 1.54) is 13.3 Å². The van der Waals surface area contributed by atoms with E-state index in [2.05, 4.69) is 5.32 Å². The first-order chi connectivity index (χ1) is 13.3. The van der Waals surface area contributed by atoms with Crippen LogP contribution in [-0.2, 0) is 30.7 Å². The highest BCUT2D eigenvalue weighted by Gasteiger charge is 2.25. The number of methoxy groups -OCH3 is 1. The number of ether oxygens (including phenoxy) is 1. The molecule has 1 heterocycles. The van der Waals surface area contributed by atoms with Gasteiger partial charge >= 0.3 is 0 Å². The second kappa shape index (κ2) is 9.70. The number of sulfone groups is 1. The van der Waals surface area contributed by atoms with Crippen molar-refractivity contribution in [2.75, 3.05) is 39.1 Å². The molecule has 2 rings (SSSR count). The van der Waals surface area contributed by atoms with E-state index in [0.29, 0.717) is 30.6 Å². The Kier molecular flexibility index (Phi) is 7.59. The molecule has 28 heavy (non-hydrogen) atoms. The lowest BCUT2D eigenvalue weighted by molar-refractivity contribution is -0.131. The average molecular weight is 410 g/mol. The molecule has 1 aromatic carbocycles. The smallest absolute Gasteiger partial charge is 0.242 e. The second-order valence-electron chi connectivity index (χ2n) is 6.31. The van der Waals surface area contributed by atoms with Crippen LogP contribution in [0.3, 0.4) is 0 Å². The zero-order chi connectivity index (χ0) is 20.7. The van der Waals surface area contributed by atoms with E-state index in [1.807, 2.05) is 13.8 Å². The molecule has 2 aromatic rings. The van der Waals surface area contributed by atoms with Crippen LogP contribution in [0.4, 0.5) is 0 Å². The normalized spacial score (nSPS) is 11.5. The molecule has 9 heteroatoms. The average Bonchev–Trinajstić information content (AvgIpc) is 3.02. The molecule has 1 aromatic heterocycles. The van der Waals surface area contributed by atoms with E-state index >= 15 is 0 Å². The van der Waals surface area contributed by atoms with Gasteiger partial charge in [-0.1, -0.05) is 18.2 Å². The van der Waals surface area contributed by atoms with Crippen molar-refractivity contribution in [2.24, 2.45) is 0 Å². The Balaban J connectivity index is 2.32. The Morgan fingerprint density at radius 2 is 1.86 bits per heavy atom. The number of para-hydroxylation sites is 1. The van der Waals surface area contributed by atoms with Crippen molar-refractivity contribution in [3.63, 3.8) is 0 Å². The van der Waals surface area contributed by atoms with E-state index in [-0.39, 0.29) is 23.9 Å². The number of nitrogens with zero attached hydrogens (tertiary/aromatic N) is 2. The van der Waals surface area contributed by atoms with Gasteiger partial charge in [0.15, 0.2) is 9.84 Å². The van der Waals surface area contributed by atoms with E-state index in [9.17, 15) is 18.0 Å². The van der Waals surface area contributed by atoms with Crippen molar-refractivity contribution < 1.29 is 22.7 Å². The standard InChI is InChI=1S/C19H27N3O5S/c1-4-21(5-2)19(24)13-22-12-17(15-8-6-7-9-16(15)22)28(25,26)14-18(23)20-10-11-27-3/h6-9,12H,4-5,10-11,13-14H2,1-3H3,(H,20,23). The summed E-state index contributed by atoms with van der Waals surface area (Å²) >= 11 is 0. The number of aromatic nitrogens is 1. The van der Waals surface area contributed by atoms with Gasteiger partial charge in [-0.3, -0.25) is 9.59 Å². The Bertz CT molecular complexity index is 932. The summed E-state index contributed by atoms with van der Waals surface area (Å²) in [7, 11) is -2.37. The zero-order valence-electron chi connectivity index (χ0n) is 16.5. The first kappa shape index (κ1) is 21.9. The van der Waals surface area contributed by atoms with Crippen LogP contribution in [0.1, 0.15) is 13.8 Å². The molecule has 2 amide bonds. The van der Waals surface area contributed by atoms with Crippen LogP contribution in [0.2, 0.25) is 0 Å². The molecule has 0 aliphatic rings. The molecule has 8 nitrogen and oxygen atoms in total. The molecule has 0 bridgehead atoms. The molecule has 0 spiro atoms. The summed E-state index contributed by atoms with van der Waals surface area (Å²) in [5, 5.41) is 3.02. The van der Waals surface area contributed by atoms with Gasteiger partial charge in [0.25, 0.3) is 0 Å². The van der Waals surface area contributed by atoms with Crippen LogP contribution in [0.15, 0.2) is 35.4 Å². The van der Waals surface area contributed by atoms with Gasteiger partial charge in [-0.25, -0.2) is 8.42 Å². The lowest BCUT2D eigenvalue weighted by atomic mass is 10.2. The summed E-state index contributed by atoms with van der Waals surface area (Å²) in [6.07, 6.45) is 1.45. The quantitative estimate of drug-likeness (QED) is 0.592. The SMILES string of the molecule is CCN(CC)C(=O)Cn1cc(S(=O)(=O)CC(=O)NCCOC)c2ccccc21. The molecule has 1 N–H and O–H groups in total. The topological polar surface area (TPSA) is 97.7 Å². The highest BCUT2D eigenvalue weighted by atomic mass is 32.2. The number of carbonyl (C=O) groups excluding carboxylic acids is 2. The molecule has 0 radical (unpaired) electrons. The van der Waals surface area contributed by atoms with Crippen molar-refractivity contribution in [1.82, 2.24) is 14.8 Å². The summed E-state index contributed by atoms with van der Waals surface area (Å²) in [5.74, 6) is -1.34. The fraction of sp³-hybridized carbons (Fsp3) is 0.474. The number of benzene rings is 1. The number of hydrogen-bond donors (Lipinski definition) is 1. The Labute approximate surface area is 165 Å². The zero-order valence-corrected chi connectivity index (χ0v) is 17.3. The van der Waals surface area contributed by atoms with Crippen molar-refractivity contribution in [1.29, 1.82) is 0 Å². The number of fused-ring (bicyclic) bond motifs is 1. The minimum absolute atomic E-state index is 0.0394. The first-order valence-corrected chi connectivity index (χ1v) is 10.8. The van der Waals surface area contributed by atoms with Gasteiger partial charge in [-0.2, -0.15) is 0 Å². The Morgan fingerprint density at radius 3 is 2.50 bits per heavy atom. The van der Waals surface area contributed by atoms with Crippen molar-refractivity contribution in [3.8, 4) is 0 Å². The molecule has 0 saturated carbocycles. The summed E-state index contributed by atoms with van der Waals surface area (Å²) in [6, 6.07) is 6.97. The van der Waals surface area contributed by atoms with Crippen molar-refractivity contribution in [2.45, 2.75) is 25.3 Å². The van der Waals surface area contributed by atoms with Crippen LogP contribution >= 0.6 is 0 Å². The molecular weight excluding hydrogens is 382 g/mol. The summed E-state index contributed by atoms with van der Waals surface area (Å²) in [5.41, 5.74) is 0.640. The number of likely N-dealkylation sites (N-methyl/N-ethyl adjacent to an activating group) is 1. The Hall–Kier alpha value is -2.39. The summed E-state index contributed by atoms with van der Waals surface area (Å²) in [4.78, 5) is 26.2. The molecule has 154 valence electrons. The van der Waals surface area contributed by atoms with Gasteiger partial charge in [0.1, 0.15) is 12.3 Å². The Morgan fingerprint density at radius 1 is 1.18 bits per heavy atom. The lowest BCUT2D eigenvalue weighted by Gasteiger charge is -2.19. The van der Waals surface area contributed by atoms with Crippen LogP contribution < -0.4 is 5.32 Å². The van der Waals surface area contributed by atoms with E-state index in [1.54, 1.807) is 33.7 Å². The van der Waals surface area contributed by atoms with E-state index < -0.39 is 21.5 Å². The number of carbonyl (C=O) groups is 2. The highest BCUT2D eigenvalue weighted by molar-refractivity contribution is 7.92. The maximum Gasteiger partial charge on any atom is 0.242 e. The molecule has 0 fully saturated rings. The van der Waals surface area contributed by atoms with Gasteiger partial charge in [0.05, 0.1) is 11.5 Å². The molecule has 0 unspecified atom stereocenters. The second-order valence-corrected chi connectivity index (χ2v) is 8.26. The van der Waals surface area contributed by atoms with E-state index in [4.69, 9.17) is 4.74 Å². The van der Waals surface area contributed by atoms with Crippen LogP contribution in [0, 0.1) is 0 Å². The predicted molar refractivity (Wildman–Crippen MR) is 107 cm³/mol. The monoisotopic (exact) mass is 409 g/mol. The lowest BCUT2D eigenvalue weighted by Crippen LogP contribution is -2.33. The van der Waals surface area contributed by atoms with Crippen LogP contribution in [0.5, 0.6) is 0 Å². The number of hydrogen-bond acceptors (Lipinski definition) is 5. The summed E-state index contributed by atoms with van der Waals surface area (Å²) < 4.78 is 32.1. The minimum Gasteiger partial charge on any atom is -0.383 e. The highest BCUT2D eigenvalue weighted by Crippen LogP contribution is 2.26. The van der Waals surface area contributed by atoms with Crippen molar-refractivity contribution >= 4 is 32.6 Å². The van der Waals surface area contributed by atoms with Crippen molar-refractivity contribution in [3.05, 3.63) is 30.5 Å². The fourth-order valence-electron chi connectivity index (χ4n) is 3.01. The number of rotatable bonds is 10. The van der Waals surface area contributed by atoms with Gasteiger partial charge in [-0.15, -0.1) is 0 Å². The molecular formula is C19H27N3O5S. The maximum absolute atomic E-state index is 12.8. The third kappa shape index (κ3) is 5.11. The number of amides is 2. The van der Waals surface area contributed by atoms with E-state index in [0.717, 1.165) is 0 Å². The third-order valence-electron chi connectivity index (χ3n) is 4.46. The molecule has 0 aliphatic carbocycles. The molecule has 0 atom stereocenters. The summed E-state index contributed by atoms with van der Waals surface area (Å²) in [6.45, 7) is 5.55. The number of nitrogens with one attached hydrogen (secondary N) is 1. The van der Waals surface area contributed by atoms with Gasteiger partial charge in [-0.05, 0) is 19.9 Å². The van der Waals surface area contributed by atoms with Gasteiger partial charge in [0, 0.05) is 43.8 Å². The fourth-order valence-corrected chi connectivity index (χ4v) is 4.41. The van der Waals surface area contributed by atoms with Gasteiger partial charge in [0.2, 0.25) is 11.8 Å². The van der Waals surface area contributed by atoms with Gasteiger partial charge < -0.3 is 19.5 Å². The minimum atomic E-state index is -3.87. The maximum atomic E-state index is 12.8.